The molecule has 0 fully saturated rings. The van der Waals surface area contributed by atoms with Gasteiger partial charge >= 0.3 is 19.8 Å². The van der Waals surface area contributed by atoms with Crippen LogP contribution in [0, 0.1) is 0 Å². The predicted octanol–water partition coefficient (Wildman–Crippen LogP) is 13.4. The lowest BCUT2D eigenvalue weighted by atomic mass is 10.0. The van der Waals surface area contributed by atoms with Crippen LogP contribution in [0.25, 0.3) is 0 Å². The molecule has 0 aromatic heterocycles. The van der Waals surface area contributed by atoms with E-state index < -0.39 is 26.5 Å². The molecular formula is C45H88NO8P. The van der Waals surface area contributed by atoms with Crippen LogP contribution in [-0.4, -0.2) is 49.3 Å². The van der Waals surface area contributed by atoms with Gasteiger partial charge < -0.3 is 20.1 Å². The molecule has 0 saturated carbocycles. The van der Waals surface area contributed by atoms with Crippen molar-refractivity contribution < 1.29 is 37.6 Å². The van der Waals surface area contributed by atoms with E-state index in [0.29, 0.717) is 6.42 Å². The standard InChI is InChI=1S/C45H88NO8P/c1-3-5-7-9-11-13-15-17-19-20-21-22-24-25-27-29-31-33-35-37-44(47)51-41-43(42-53-55(49,50)52-40-39-46)54-45(48)38-36-34-32-30-28-26-23-18-16-14-12-10-8-6-4-2/h4,43H,2-3,5-42,46H2,1H3,(H,49,50)/t43-/m1/s1. The molecule has 0 heterocycles. The Morgan fingerprint density at radius 1 is 0.564 bits per heavy atom. The molecule has 0 aliphatic heterocycles. The summed E-state index contributed by atoms with van der Waals surface area (Å²) in [6, 6.07) is 0. The van der Waals surface area contributed by atoms with Crippen LogP contribution in [0.5, 0.6) is 0 Å². The summed E-state index contributed by atoms with van der Waals surface area (Å²) in [5.41, 5.74) is 5.35. The Hall–Kier alpha value is -1.25. The number of hydrogen-bond donors (Lipinski definition) is 2. The maximum absolute atomic E-state index is 12.6. The molecule has 9 nitrogen and oxygen atoms in total. The normalized spacial score (nSPS) is 13.1. The van der Waals surface area contributed by atoms with Crippen molar-refractivity contribution in [2.24, 2.45) is 5.73 Å². The summed E-state index contributed by atoms with van der Waals surface area (Å²) in [5.74, 6) is -0.817. The minimum atomic E-state index is -4.37. The predicted molar refractivity (Wildman–Crippen MR) is 229 cm³/mol. The summed E-state index contributed by atoms with van der Waals surface area (Å²) in [5, 5.41) is 0. The van der Waals surface area contributed by atoms with Crippen LogP contribution in [0.4, 0.5) is 0 Å². The molecule has 0 aromatic carbocycles. The van der Waals surface area contributed by atoms with Gasteiger partial charge in [-0.2, -0.15) is 0 Å². The van der Waals surface area contributed by atoms with Gasteiger partial charge in [0.1, 0.15) is 6.61 Å². The molecule has 10 heteroatoms. The van der Waals surface area contributed by atoms with Crippen LogP contribution >= 0.6 is 7.82 Å². The monoisotopic (exact) mass is 802 g/mol. The SMILES string of the molecule is C=CCCCCCCCCCCCCCCCC(=O)O[C@H](COC(=O)CCCCCCCCCCCCCCCCCCCCC)COP(=O)(O)OCCN. The fourth-order valence-electron chi connectivity index (χ4n) is 6.85. The molecule has 55 heavy (non-hydrogen) atoms. The minimum Gasteiger partial charge on any atom is -0.462 e. The summed E-state index contributed by atoms with van der Waals surface area (Å²) >= 11 is 0. The Labute approximate surface area is 339 Å². The smallest absolute Gasteiger partial charge is 0.462 e. The van der Waals surface area contributed by atoms with Gasteiger partial charge in [-0.3, -0.25) is 18.6 Å². The lowest BCUT2D eigenvalue weighted by molar-refractivity contribution is -0.161. The third kappa shape index (κ3) is 42.2. The Bertz CT molecular complexity index is 904. The highest BCUT2D eigenvalue weighted by Crippen LogP contribution is 2.43. The molecule has 3 N–H and O–H groups in total. The highest BCUT2D eigenvalue weighted by molar-refractivity contribution is 7.47. The van der Waals surface area contributed by atoms with Crippen molar-refractivity contribution in [2.75, 3.05) is 26.4 Å². The van der Waals surface area contributed by atoms with Crippen LogP contribution in [0.1, 0.15) is 232 Å². The van der Waals surface area contributed by atoms with E-state index in [1.54, 1.807) is 0 Å². The van der Waals surface area contributed by atoms with Gasteiger partial charge in [-0.05, 0) is 25.7 Å². The lowest BCUT2D eigenvalue weighted by Gasteiger charge is -2.19. The number of rotatable bonds is 45. The van der Waals surface area contributed by atoms with E-state index in [-0.39, 0.29) is 38.6 Å². The van der Waals surface area contributed by atoms with Crippen LogP contribution in [-0.2, 0) is 32.7 Å². The quantitative estimate of drug-likeness (QED) is 0.0267. The van der Waals surface area contributed by atoms with Crippen molar-refractivity contribution in [3.8, 4) is 0 Å². The molecule has 326 valence electrons. The molecule has 0 rings (SSSR count). The minimum absolute atomic E-state index is 0.0559. The van der Waals surface area contributed by atoms with E-state index in [4.69, 9.17) is 24.3 Å². The number of phosphoric acid groups is 1. The lowest BCUT2D eigenvalue weighted by Crippen LogP contribution is -2.29. The van der Waals surface area contributed by atoms with Crippen molar-refractivity contribution in [3.05, 3.63) is 12.7 Å². The summed E-state index contributed by atoms with van der Waals surface area (Å²) in [7, 11) is -4.37. The highest BCUT2D eigenvalue weighted by atomic mass is 31.2. The fourth-order valence-corrected chi connectivity index (χ4v) is 7.62. The van der Waals surface area contributed by atoms with Gasteiger partial charge in [0.25, 0.3) is 0 Å². The van der Waals surface area contributed by atoms with Crippen molar-refractivity contribution >= 4 is 19.8 Å². The van der Waals surface area contributed by atoms with Gasteiger partial charge in [0.2, 0.25) is 0 Å². The molecule has 0 amide bonds. The number of carbonyl (C=O) groups is 2. The second-order valence-electron chi connectivity index (χ2n) is 15.7. The zero-order valence-corrected chi connectivity index (χ0v) is 36.7. The average molecular weight is 802 g/mol. The van der Waals surface area contributed by atoms with Crippen molar-refractivity contribution in [3.63, 3.8) is 0 Å². The van der Waals surface area contributed by atoms with Crippen LogP contribution in [0.3, 0.4) is 0 Å². The first-order valence-electron chi connectivity index (χ1n) is 23.1. The summed E-state index contributed by atoms with van der Waals surface area (Å²) in [6.07, 6.45) is 42.8. The van der Waals surface area contributed by atoms with Gasteiger partial charge in [-0.1, -0.05) is 199 Å². The van der Waals surface area contributed by atoms with Gasteiger partial charge in [-0.15, -0.1) is 6.58 Å². The second kappa shape index (κ2) is 42.4. The Kier molecular flexibility index (Phi) is 41.4. The molecule has 0 aliphatic carbocycles. The summed E-state index contributed by atoms with van der Waals surface area (Å²) in [4.78, 5) is 34.9. The molecule has 0 saturated heterocycles. The van der Waals surface area contributed by atoms with Gasteiger partial charge in [0.05, 0.1) is 13.2 Å². The topological polar surface area (TPSA) is 134 Å². The van der Waals surface area contributed by atoms with E-state index in [2.05, 4.69) is 13.5 Å². The molecule has 0 aromatic rings. The van der Waals surface area contributed by atoms with Crippen LogP contribution in [0.15, 0.2) is 12.7 Å². The Morgan fingerprint density at radius 2 is 0.927 bits per heavy atom. The zero-order valence-electron chi connectivity index (χ0n) is 35.8. The van der Waals surface area contributed by atoms with Gasteiger partial charge in [0, 0.05) is 19.4 Å². The van der Waals surface area contributed by atoms with E-state index in [9.17, 15) is 19.0 Å². The molecule has 0 radical (unpaired) electrons. The van der Waals surface area contributed by atoms with Crippen LogP contribution < -0.4 is 5.73 Å². The molecular weight excluding hydrogens is 713 g/mol. The van der Waals surface area contributed by atoms with E-state index in [1.807, 2.05) is 6.08 Å². The molecule has 1 unspecified atom stereocenters. The van der Waals surface area contributed by atoms with E-state index in [0.717, 1.165) is 44.9 Å². The number of carbonyl (C=O) groups excluding carboxylic acids is 2. The fraction of sp³-hybridized carbons (Fsp3) is 0.911. The Morgan fingerprint density at radius 3 is 1.31 bits per heavy atom. The zero-order chi connectivity index (χ0) is 40.3. The number of ether oxygens (including phenoxy) is 2. The molecule has 0 bridgehead atoms. The first kappa shape index (κ1) is 53.8. The van der Waals surface area contributed by atoms with Gasteiger partial charge in [-0.25, -0.2) is 4.57 Å². The van der Waals surface area contributed by atoms with Crippen LogP contribution in [0.2, 0.25) is 0 Å². The first-order valence-corrected chi connectivity index (χ1v) is 24.6. The first-order chi connectivity index (χ1) is 26.8. The number of unbranched alkanes of at least 4 members (excludes halogenated alkanes) is 31. The highest BCUT2D eigenvalue weighted by Gasteiger charge is 2.26. The third-order valence-electron chi connectivity index (χ3n) is 10.3. The molecule has 0 aliphatic rings. The third-order valence-corrected chi connectivity index (χ3v) is 11.3. The van der Waals surface area contributed by atoms with Crippen molar-refractivity contribution in [1.29, 1.82) is 0 Å². The largest absolute Gasteiger partial charge is 0.472 e. The number of allylic oxidation sites excluding steroid dienone is 1. The number of esters is 2. The van der Waals surface area contributed by atoms with E-state index >= 15 is 0 Å². The van der Waals surface area contributed by atoms with Crippen molar-refractivity contribution in [2.45, 2.75) is 238 Å². The number of nitrogens with two attached hydrogens (primary N) is 1. The van der Waals surface area contributed by atoms with Crippen molar-refractivity contribution in [1.82, 2.24) is 0 Å². The Balaban J connectivity index is 4.04. The molecule has 0 spiro atoms. The summed E-state index contributed by atoms with van der Waals surface area (Å²) in [6.45, 7) is 5.29. The number of phosphoric ester groups is 1. The average Bonchev–Trinajstić information content (AvgIpc) is 3.17. The molecule has 2 atom stereocenters. The second-order valence-corrected chi connectivity index (χ2v) is 17.2. The number of hydrogen-bond acceptors (Lipinski definition) is 8. The maximum Gasteiger partial charge on any atom is 0.472 e. The van der Waals surface area contributed by atoms with E-state index in [1.165, 1.54) is 161 Å². The summed E-state index contributed by atoms with van der Waals surface area (Å²) < 4.78 is 32.8. The van der Waals surface area contributed by atoms with Gasteiger partial charge in [0.15, 0.2) is 6.10 Å². The maximum atomic E-state index is 12.6.